The Morgan fingerprint density at radius 2 is 1.93 bits per heavy atom. The molecule has 1 aliphatic heterocycles. The average molecular weight is 623 g/mol. The van der Waals surface area contributed by atoms with Crippen molar-refractivity contribution >= 4 is 28.5 Å². The Labute approximate surface area is 259 Å². The molecule has 7 rings (SSSR count). The van der Waals surface area contributed by atoms with Crippen molar-refractivity contribution in [2.45, 2.75) is 56.9 Å². The Morgan fingerprint density at radius 1 is 1.16 bits per heavy atom. The van der Waals surface area contributed by atoms with E-state index < -0.39 is 12.7 Å². The van der Waals surface area contributed by atoms with Crippen molar-refractivity contribution in [3.05, 3.63) is 53.3 Å². The van der Waals surface area contributed by atoms with Crippen molar-refractivity contribution in [2.75, 3.05) is 39.1 Å². The minimum Gasteiger partial charge on any atom is -0.495 e. The largest absolute Gasteiger partial charge is 0.495 e. The highest BCUT2D eigenvalue weighted by atomic mass is 19.4. The zero-order valence-electron chi connectivity index (χ0n) is 25.6. The van der Waals surface area contributed by atoms with Crippen molar-refractivity contribution in [2.24, 2.45) is 11.8 Å². The highest BCUT2D eigenvalue weighted by Gasteiger charge is 2.60. The zero-order valence-corrected chi connectivity index (χ0v) is 25.6. The first kappa shape index (κ1) is 30.8. The number of benzene rings is 2. The van der Waals surface area contributed by atoms with Crippen LogP contribution in [0.1, 0.15) is 58.9 Å². The molecule has 0 radical (unpaired) electrons. The minimum absolute atomic E-state index is 0.0443. The third kappa shape index (κ3) is 6.18. The quantitative estimate of drug-likeness (QED) is 0.322. The van der Waals surface area contributed by atoms with Gasteiger partial charge < -0.3 is 25.3 Å². The molecule has 9 nitrogen and oxygen atoms in total. The molecule has 1 saturated heterocycles. The lowest BCUT2D eigenvalue weighted by atomic mass is 9.48. The lowest BCUT2D eigenvalue weighted by Crippen LogP contribution is -2.70. The van der Waals surface area contributed by atoms with E-state index in [1.165, 1.54) is 32.4 Å². The Balaban J connectivity index is 1.20. The number of hydrogen-bond acceptors (Lipinski definition) is 6. The molecule has 3 saturated carbocycles. The van der Waals surface area contributed by atoms with E-state index in [1.807, 2.05) is 0 Å². The monoisotopic (exact) mass is 622 g/mol. The van der Waals surface area contributed by atoms with Gasteiger partial charge in [0.05, 0.1) is 36.7 Å². The molecular formula is C33H37F3N6O3. The molecule has 3 aromatic rings. The molecule has 2 heterocycles. The van der Waals surface area contributed by atoms with Gasteiger partial charge in [0.2, 0.25) is 0 Å². The van der Waals surface area contributed by atoms with E-state index in [0.717, 1.165) is 36.3 Å². The van der Waals surface area contributed by atoms with Gasteiger partial charge in [-0.3, -0.25) is 14.5 Å². The number of likely N-dealkylation sites (tertiary alicyclic amines) is 1. The van der Waals surface area contributed by atoms with Crippen molar-refractivity contribution in [3.63, 3.8) is 0 Å². The summed E-state index contributed by atoms with van der Waals surface area (Å²) >= 11 is 0. The maximum absolute atomic E-state index is 13.7. The van der Waals surface area contributed by atoms with Crippen LogP contribution in [0.15, 0.2) is 36.7 Å². The summed E-state index contributed by atoms with van der Waals surface area (Å²) in [6.07, 6.45) is 1.34. The number of anilines is 1. The van der Waals surface area contributed by atoms with Gasteiger partial charge in [-0.05, 0) is 67.9 Å². The van der Waals surface area contributed by atoms with Gasteiger partial charge in [0, 0.05) is 42.8 Å². The van der Waals surface area contributed by atoms with Gasteiger partial charge in [0.15, 0.2) is 0 Å². The van der Waals surface area contributed by atoms with Gasteiger partial charge >= 0.3 is 6.18 Å². The van der Waals surface area contributed by atoms with E-state index in [4.69, 9.17) is 4.74 Å². The van der Waals surface area contributed by atoms with E-state index in [2.05, 4.69) is 44.6 Å². The molecule has 3 N–H and O–H groups in total. The van der Waals surface area contributed by atoms with E-state index in [9.17, 15) is 22.8 Å². The Bertz CT molecular complexity index is 1670. The summed E-state index contributed by atoms with van der Waals surface area (Å²) in [6.45, 7) is 2.94. The average Bonchev–Trinajstić information content (AvgIpc) is 3.35. The van der Waals surface area contributed by atoms with Crippen molar-refractivity contribution in [1.29, 1.82) is 0 Å². The first-order chi connectivity index (χ1) is 21.5. The molecular weight excluding hydrogens is 585 g/mol. The summed E-state index contributed by atoms with van der Waals surface area (Å²) in [5, 5.41) is 8.86. The van der Waals surface area contributed by atoms with Crippen molar-refractivity contribution < 1.29 is 27.5 Å². The molecule has 3 aliphatic carbocycles. The number of piperidine rings is 1. The van der Waals surface area contributed by atoms with Crippen molar-refractivity contribution in [3.8, 4) is 17.6 Å². The highest BCUT2D eigenvalue weighted by Crippen LogP contribution is 2.61. The van der Waals surface area contributed by atoms with E-state index in [0.29, 0.717) is 28.1 Å². The van der Waals surface area contributed by atoms with E-state index >= 15 is 0 Å². The number of nitrogens with one attached hydrogen (secondary N) is 3. The molecule has 2 aromatic carbocycles. The molecule has 0 unspecified atom stereocenters. The fraction of sp³-hybridized carbons (Fsp3) is 0.485. The number of amides is 2. The van der Waals surface area contributed by atoms with Crippen LogP contribution in [-0.4, -0.2) is 77.8 Å². The predicted molar refractivity (Wildman–Crippen MR) is 164 cm³/mol. The number of methoxy groups -OCH3 is 1. The molecule has 1 aromatic heterocycles. The van der Waals surface area contributed by atoms with Gasteiger partial charge in [-0.2, -0.15) is 13.2 Å². The maximum Gasteiger partial charge on any atom is 0.406 e. The van der Waals surface area contributed by atoms with Crippen LogP contribution in [0, 0.1) is 23.7 Å². The summed E-state index contributed by atoms with van der Waals surface area (Å²) < 4.78 is 46.5. The molecule has 238 valence electrons. The minimum atomic E-state index is -4.46. The summed E-state index contributed by atoms with van der Waals surface area (Å²) in [5.41, 5.74) is 2.43. The second-order valence-electron chi connectivity index (χ2n) is 12.5. The second kappa shape index (κ2) is 11.9. The number of alkyl halides is 3. The van der Waals surface area contributed by atoms with Gasteiger partial charge in [0.1, 0.15) is 17.8 Å². The van der Waals surface area contributed by atoms with Gasteiger partial charge in [-0.25, -0.2) is 4.98 Å². The number of imidazole rings is 1. The standard InChI is InChI=1S/C33H37F3N6O3/c1-20-17-42(32-14-22(15-32)16-32)10-8-25(20)40-31(44)24-11-21(12-27-29(24)39-19-41(27)18-33(34,35)36)5-4-9-38-26-7-6-23(30(43)37-2)13-28(26)45-3/h6-7,11-13,19-20,22,25,38H,8-10,14-18H2,1-3H3,(H,37,43)(H,40,44)/t20-,22?,25+,32?/m0/s1. The van der Waals surface area contributed by atoms with Crippen LogP contribution < -0.4 is 20.7 Å². The SMILES string of the molecule is CNC(=O)c1ccc(NCC#Cc2cc(C(=O)N[C@@H]3CCN(C45CC(C4)C5)C[C@@H]3C)c3ncn(CC(F)(F)F)c3c2)c(OC)c1. The van der Waals surface area contributed by atoms with Crippen LogP contribution in [0.5, 0.6) is 5.75 Å². The molecule has 2 atom stereocenters. The third-order valence-electron chi connectivity index (χ3n) is 9.51. The molecule has 12 heteroatoms. The topological polar surface area (TPSA) is 101 Å². The predicted octanol–water partition coefficient (Wildman–Crippen LogP) is 4.42. The fourth-order valence-electron chi connectivity index (χ4n) is 6.99. The van der Waals surface area contributed by atoms with Gasteiger partial charge in [-0.15, -0.1) is 0 Å². The van der Waals surface area contributed by atoms with Gasteiger partial charge in [-0.1, -0.05) is 18.8 Å². The molecule has 45 heavy (non-hydrogen) atoms. The Morgan fingerprint density at radius 3 is 2.58 bits per heavy atom. The van der Waals surface area contributed by atoms with Crippen LogP contribution in [0.3, 0.4) is 0 Å². The number of aromatic nitrogens is 2. The summed E-state index contributed by atoms with van der Waals surface area (Å²) in [6, 6.07) is 8.04. The summed E-state index contributed by atoms with van der Waals surface area (Å²) in [4.78, 5) is 32.4. The van der Waals surface area contributed by atoms with Crippen LogP contribution in [-0.2, 0) is 6.54 Å². The normalized spacial score (nSPS) is 24.1. The maximum atomic E-state index is 13.7. The highest BCUT2D eigenvalue weighted by molar-refractivity contribution is 6.05. The van der Waals surface area contributed by atoms with Gasteiger partial charge in [0.25, 0.3) is 11.8 Å². The number of nitrogens with zero attached hydrogens (tertiary/aromatic N) is 3. The number of rotatable bonds is 8. The lowest BCUT2D eigenvalue weighted by molar-refractivity contribution is -0.156. The summed E-state index contributed by atoms with van der Waals surface area (Å²) in [7, 11) is 3.03. The second-order valence-corrected chi connectivity index (χ2v) is 12.5. The number of carbonyl (C=O) groups excluding carboxylic acids is 2. The molecule has 0 spiro atoms. The number of halogens is 3. The molecule has 2 bridgehead atoms. The molecule has 2 amide bonds. The van der Waals surface area contributed by atoms with Crippen LogP contribution in [0.2, 0.25) is 0 Å². The number of hydrogen-bond donors (Lipinski definition) is 3. The van der Waals surface area contributed by atoms with E-state index in [1.54, 1.807) is 31.3 Å². The van der Waals surface area contributed by atoms with Crippen LogP contribution in [0.25, 0.3) is 11.0 Å². The first-order valence-electron chi connectivity index (χ1n) is 15.2. The fourth-order valence-corrected chi connectivity index (χ4v) is 6.99. The smallest absolute Gasteiger partial charge is 0.406 e. The van der Waals surface area contributed by atoms with Crippen LogP contribution >= 0.6 is 0 Å². The van der Waals surface area contributed by atoms with Crippen molar-refractivity contribution in [1.82, 2.24) is 25.1 Å². The molecule has 4 aliphatic rings. The number of ether oxygens (including phenoxy) is 1. The third-order valence-corrected chi connectivity index (χ3v) is 9.51. The zero-order chi connectivity index (χ0) is 31.9. The lowest BCUT2D eigenvalue weighted by Gasteiger charge is -2.68. The van der Waals surface area contributed by atoms with Crippen LogP contribution in [0.4, 0.5) is 18.9 Å². The Kier molecular flexibility index (Phi) is 8.16. The first-order valence-corrected chi connectivity index (χ1v) is 15.2. The van der Waals surface area contributed by atoms with E-state index in [-0.39, 0.29) is 46.9 Å². The number of fused-ring (bicyclic) bond motifs is 1. The summed E-state index contributed by atoms with van der Waals surface area (Å²) in [5.74, 6) is 6.95. The molecule has 4 fully saturated rings. The Hall–Kier alpha value is -4.24. The number of carbonyl (C=O) groups is 2.